The summed E-state index contributed by atoms with van der Waals surface area (Å²) in [7, 11) is 0. The van der Waals surface area contributed by atoms with Gasteiger partial charge in [0.25, 0.3) is 0 Å². The van der Waals surface area contributed by atoms with Gasteiger partial charge in [-0.25, -0.2) is 0 Å². The number of rotatable bonds is 1. The first-order chi connectivity index (χ1) is 8.47. The van der Waals surface area contributed by atoms with Gasteiger partial charge >= 0.3 is 0 Å². The quantitative estimate of drug-likeness (QED) is 0.697. The summed E-state index contributed by atoms with van der Waals surface area (Å²) in [5.74, 6) is 0. The average molecular weight is 259 g/mol. The number of nitrogens with zero attached hydrogens (tertiary/aromatic N) is 1. The van der Waals surface area contributed by atoms with E-state index in [4.69, 9.17) is 0 Å². The van der Waals surface area contributed by atoms with Crippen molar-refractivity contribution in [2.75, 3.05) is 0 Å². The van der Waals surface area contributed by atoms with Crippen molar-refractivity contribution in [2.45, 2.75) is 0 Å². The van der Waals surface area contributed by atoms with Crippen LogP contribution < -0.4 is 0 Å². The molecule has 2 heterocycles. The Hall–Kier alpha value is -2.06. The third-order valence-electron chi connectivity index (χ3n) is 2.25. The molecule has 0 aliphatic carbocycles. The van der Waals surface area contributed by atoms with Crippen LogP contribution in [0.3, 0.4) is 0 Å². The van der Waals surface area contributed by atoms with Crippen LogP contribution in [-0.4, -0.2) is 9.97 Å². The number of halogens is 1. The summed E-state index contributed by atoms with van der Waals surface area (Å²) in [6, 6.07) is 20.1. The van der Waals surface area contributed by atoms with E-state index in [1.807, 2.05) is 48.7 Å². The summed E-state index contributed by atoms with van der Waals surface area (Å²) >= 11 is 0. The molecule has 0 aliphatic rings. The minimum atomic E-state index is 0. The lowest BCUT2D eigenvalue weighted by Crippen LogP contribution is -1.73. The Labute approximate surface area is 113 Å². The van der Waals surface area contributed by atoms with Gasteiger partial charge in [0.1, 0.15) is 0 Å². The van der Waals surface area contributed by atoms with Crippen LogP contribution in [0.4, 0.5) is 0 Å². The molecular weight excluding hydrogens is 244 g/mol. The fourth-order valence-corrected chi connectivity index (χ4v) is 1.44. The minimum Gasteiger partial charge on any atom is -0.361 e. The normalized spacial score (nSPS) is 8.67. The van der Waals surface area contributed by atoms with Gasteiger partial charge in [-0.2, -0.15) is 0 Å². The van der Waals surface area contributed by atoms with Gasteiger partial charge in [-0.15, -0.1) is 12.4 Å². The lowest BCUT2D eigenvalue weighted by Gasteiger charge is -1.94. The molecule has 2 nitrogen and oxygen atoms in total. The summed E-state index contributed by atoms with van der Waals surface area (Å²) in [4.78, 5) is 6.94. The molecule has 0 spiro atoms. The summed E-state index contributed by atoms with van der Waals surface area (Å²) in [5, 5.41) is 0. The number of H-pyrrole nitrogens is 1. The van der Waals surface area contributed by atoms with Crippen LogP contribution in [0.1, 0.15) is 0 Å². The molecule has 0 saturated carbocycles. The van der Waals surface area contributed by atoms with Crippen molar-refractivity contribution in [2.24, 2.45) is 0 Å². The van der Waals surface area contributed by atoms with Gasteiger partial charge < -0.3 is 4.98 Å². The van der Waals surface area contributed by atoms with Crippen LogP contribution in [0.15, 0.2) is 79.3 Å². The van der Waals surface area contributed by atoms with E-state index in [0.29, 0.717) is 0 Å². The zero-order chi connectivity index (χ0) is 11.8. The predicted octanol–water partition coefficient (Wildman–Crippen LogP) is 4.19. The number of nitrogens with one attached hydrogen (secondary N) is 1. The first kappa shape index (κ1) is 14.0. The van der Waals surface area contributed by atoms with Crippen LogP contribution in [0, 0.1) is 0 Å². The van der Waals surface area contributed by atoms with Crippen molar-refractivity contribution in [3.05, 3.63) is 79.3 Å². The molecule has 3 aromatic rings. The van der Waals surface area contributed by atoms with Crippen LogP contribution >= 0.6 is 12.4 Å². The molecule has 0 aliphatic heterocycles. The maximum atomic E-state index is 3.78. The molecule has 0 amide bonds. The standard InChI is InChI=1S/C10H9N.C5H5N.ClH/c1-2-5-9(6-3-1)10-7-4-8-11-10;1-2-4-6-5-3-1;/h1-8,11H;1-5H;1H. The zero-order valence-electron chi connectivity index (χ0n) is 9.86. The maximum absolute atomic E-state index is 3.78. The number of pyridine rings is 1. The molecule has 18 heavy (non-hydrogen) atoms. The van der Waals surface area contributed by atoms with Gasteiger partial charge in [0, 0.05) is 24.3 Å². The summed E-state index contributed by atoms with van der Waals surface area (Å²) in [6.45, 7) is 0. The van der Waals surface area contributed by atoms with Crippen LogP contribution in [0.2, 0.25) is 0 Å². The SMILES string of the molecule is Cl.c1ccc(-c2ccc[nH]2)cc1.c1ccncc1. The van der Waals surface area contributed by atoms with E-state index in [1.165, 1.54) is 11.3 Å². The molecule has 3 rings (SSSR count). The molecule has 0 atom stereocenters. The first-order valence-electron chi connectivity index (χ1n) is 5.50. The van der Waals surface area contributed by atoms with Gasteiger partial charge in [-0.05, 0) is 29.8 Å². The monoisotopic (exact) mass is 258 g/mol. The number of hydrogen-bond acceptors (Lipinski definition) is 1. The largest absolute Gasteiger partial charge is 0.361 e. The fraction of sp³-hybridized carbons (Fsp3) is 0. The van der Waals surface area contributed by atoms with Gasteiger partial charge in [-0.3, -0.25) is 4.98 Å². The van der Waals surface area contributed by atoms with Crippen molar-refractivity contribution in [1.29, 1.82) is 0 Å². The second-order valence-electron chi connectivity index (χ2n) is 3.47. The number of aromatic nitrogens is 2. The highest BCUT2D eigenvalue weighted by molar-refractivity contribution is 5.85. The lowest BCUT2D eigenvalue weighted by molar-refractivity contribution is 1.33. The minimum absolute atomic E-state index is 0. The van der Waals surface area contributed by atoms with Gasteiger partial charge in [0.15, 0.2) is 0 Å². The molecule has 0 fully saturated rings. The fourth-order valence-electron chi connectivity index (χ4n) is 1.44. The number of aromatic amines is 1. The highest BCUT2D eigenvalue weighted by atomic mass is 35.5. The van der Waals surface area contributed by atoms with E-state index < -0.39 is 0 Å². The van der Waals surface area contributed by atoms with Crippen molar-refractivity contribution in [3.8, 4) is 11.3 Å². The highest BCUT2D eigenvalue weighted by Crippen LogP contribution is 2.14. The first-order valence-corrected chi connectivity index (χ1v) is 5.50. The molecule has 1 aromatic carbocycles. The van der Waals surface area contributed by atoms with E-state index in [0.717, 1.165) is 0 Å². The van der Waals surface area contributed by atoms with E-state index in [2.05, 4.69) is 28.2 Å². The zero-order valence-corrected chi connectivity index (χ0v) is 10.7. The third kappa shape index (κ3) is 4.44. The van der Waals surface area contributed by atoms with Crippen molar-refractivity contribution >= 4 is 12.4 Å². The molecule has 1 N–H and O–H groups in total. The summed E-state index contributed by atoms with van der Waals surface area (Å²) < 4.78 is 0. The Morgan fingerprint density at radius 3 is 1.83 bits per heavy atom. The predicted molar refractivity (Wildman–Crippen MR) is 77.7 cm³/mol. The van der Waals surface area contributed by atoms with Crippen LogP contribution in [0.5, 0.6) is 0 Å². The van der Waals surface area contributed by atoms with E-state index >= 15 is 0 Å². The van der Waals surface area contributed by atoms with E-state index in [1.54, 1.807) is 12.4 Å². The van der Waals surface area contributed by atoms with E-state index in [-0.39, 0.29) is 12.4 Å². The molecule has 0 saturated heterocycles. The smallest absolute Gasteiger partial charge is 0.0453 e. The Morgan fingerprint density at radius 2 is 1.39 bits per heavy atom. The second-order valence-corrected chi connectivity index (χ2v) is 3.47. The lowest BCUT2D eigenvalue weighted by atomic mass is 10.2. The van der Waals surface area contributed by atoms with Crippen molar-refractivity contribution in [1.82, 2.24) is 9.97 Å². The summed E-state index contributed by atoms with van der Waals surface area (Å²) in [5.41, 5.74) is 2.41. The Kier molecular flexibility index (Phi) is 6.30. The molecule has 0 radical (unpaired) electrons. The van der Waals surface area contributed by atoms with Crippen molar-refractivity contribution in [3.63, 3.8) is 0 Å². The third-order valence-corrected chi connectivity index (χ3v) is 2.25. The average Bonchev–Trinajstić information content (AvgIpc) is 2.96. The number of hydrogen-bond donors (Lipinski definition) is 1. The molecular formula is C15H15ClN2. The topological polar surface area (TPSA) is 28.7 Å². The van der Waals surface area contributed by atoms with E-state index in [9.17, 15) is 0 Å². The van der Waals surface area contributed by atoms with Crippen LogP contribution in [-0.2, 0) is 0 Å². The van der Waals surface area contributed by atoms with Crippen molar-refractivity contribution < 1.29 is 0 Å². The van der Waals surface area contributed by atoms with Crippen LogP contribution in [0.25, 0.3) is 11.3 Å². The Morgan fingerprint density at radius 1 is 0.722 bits per heavy atom. The number of benzene rings is 1. The molecule has 0 unspecified atom stereocenters. The molecule has 3 heteroatoms. The van der Waals surface area contributed by atoms with Gasteiger partial charge in [0.2, 0.25) is 0 Å². The molecule has 92 valence electrons. The Balaban J connectivity index is 0.000000199. The Bertz CT molecular complexity index is 480. The van der Waals surface area contributed by atoms with Gasteiger partial charge in [-0.1, -0.05) is 36.4 Å². The highest BCUT2D eigenvalue weighted by Gasteiger charge is 1.93. The molecule has 2 aromatic heterocycles. The molecule has 0 bridgehead atoms. The maximum Gasteiger partial charge on any atom is 0.0453 e. The summed E-state index contributed by atoms with van der Waals surface area (Å²) in [6.07, 6.45) is 5.43. The van der Waals surface area contributed by atoms with Gasteiger partial charge in [0.05, 0.1) is 0 Å². The second kappa shape index (κ2) is 8.09.